The third-order valence-electron chi connectivity index (χ3n) is 5.08. The van der Waals surface area contributed by atoms with Crippen molar-refractivity contribution in [2.75, 3.05) is 18.8 Å². The van der Waals surface area contributed by atoms with Gasteiger partial charge in [-0.05, 0) is 30.5 Å². The van der Waals surface area contributed by atoms with Crippen LogP contribution in [0.5, 0.6) is 0 Å². The maximum atomic E-state index is 11.5. The number of nitrogens with two attached hydrogens (primary N) is 1. The molecule has 0 aliphatic carbocycles. The molecular weight excluding hydrogens is 368 g/mol. The van der Waals surface area contributed by atoms with Crippen LogP contribution in [-0.2, 0) is 11.2 Å². The predicted octanol–water partition coefficient (Wildman–Crippen LogP) is 3.47. The summed E-state index contributed by atoms with van der Waals surface area (Å²) in [5, 5.41) is 1.13. The summed E-state index contributed by atoms with van der Waals surface area (Å²) in [5.41, 5.74) is 10.3. The minimum atomic E-state index is 0.162. The normalized spacial score (nSPS) is 17.9. The average molecular weight is 387 g/mol. The zero-order valence-corrected chi connectivity index (χ0v) is 15.1. The molecule has 2 N–H and O–H groups in total. The number of aromatic nitrogens is 1. The highest BCUT2D eigenvalue weighted by Gasteiger charge is 2.29. The number of nitrogen functional groups attached to an aromatic ring is 1. The fourth-order valence-electron chi connectivity index (χ4n) is 3.75. The lowest BCUT2D eigenvalue weighted by atomic mass is 9.89. The highest BCUT2D eigenvalue weighted by atomic mass is 79.9. The Kier molecular flexibility index (Phi) is 3.79. The van der Waals surface area contributed by atoms with Crippen LogP contribution in [0.2, 0.25) is 0 Å². The van der Waals surface area contributed by atoms with E-state index in [4.69, 9.17) is 10.7 Å². The third-order valence-corrected chi connectivity index (χ3v) is 5.57. The van der Waals surface area contributed by atoms with Gasteiger partial charge >= 0.3 is 0 Å². The van der Waals surface area contributed by atoms with Gasteiger partial charge in [-0.2, -0.15) is 0 Å². The molecule has 3 heterocycles. The van der Waals surface area contributed by atoms with Gasteiger partial charge in [-0.1, -0.05) is 22.0 Å². The van der Waals surface area contributed by atoms with Gasteiger partial charge in [0.05, 0.1) is 5.52 Å². The van der Waals surface area contributed by atoms with E-state index in [1.807, 2.05) is 17.0 Å². The van der Waals surface area contributed by atoms with Gasteiger partial charge in [-0.15, -0.1) is 0 Å². The number of amides is 1. The van der Waals surface area contributed by atoms with E-state index >= 15 is 0 Å². The van der Waals surface area contributed by atoms with E-state index in [0.717, 1.165) is 53.4 Å². The van der Waals surface area contributed by atoms with Crippen molar-refractivity contribution in [2.24, 2.45) is 10.9 Å². The SMILES string of the molecule is CC(=O)N1CCC(C2=Nc3c(N)nc4cc(Br)ccc4c3C2)CC1. The molecule has 1 amide bonds. The van der Waals surface area contributed by atoms with Crippen LogP contribution in [0.15, 0.2) is 27.7 Å². The molecule has 0 unspecified atom stereocenters. The first-order chi connectivity index (χ1) is 11.5. The molecule has 124 valence electrons. The molecule has 2 aromatic rings. The number of carbonyl (C=O) groups excluding carboxylic acids is 1. The molecule has 4 rings (SSSR count). The van der Waals surface area contributed by atoms with Crippen molar-refractivity contribution in [1.29, 1.82) is 0 Å². The van der Waals surface area contributed by atoms with Crippen molar-refractivity contribution in [3.8, 4) is 0 Å². The summed E-state index contributed by atoms with van der Waals surface area (Å²) in [5.74, 6) is 1.10. The maximum Gasteiger partial charge on any atom is 0.219 e. The lowest BCUT2D eigenvalue weighted by molar-refractivity contribution is -0.129. The fourth-order valence-corrected chi connectivity index (χ4v) is 4.10. The molecule has 2 aliphatic rings. The second kappa shape index (κ2) is 5.84. The van der Waals surface area contributed by atoms with E-state index in [0.29, 0.717) is 11.7 Å². The second-order valence-electron chi connectivity index (χ2n) is 6.55. The first kappa shape index (κ1) is 15.6. The highest BCUT2D eigenvalue weighted by Crippen LogP contribution is 2.40. The Bertz CT molecular complexity index is 869. The van der Waals surface area contributed by atoms with E-state index in [9.17, 15) is 4.79 Å². The van der Waals surface area contributed by atoms with Gasteiger partial charge in [0.1, 0.15) is 11.5 Å². The van der Waals surface area contributed by atoms with Crippen molar-refractivity contribution < 1.29 is 4.79 Å². The van der Waals surface area contributed by atoms with Gasteiger partial charge in [-0.25, -0.2) is 4.98 Å². The number of benzene rings is 1. The number of hydrogen-bond acceptors (Lipinski definition) is 4. The van der Waals surface area contributed by atoms with Crippen LogP contribution in [0.3, 0.4) is 0 Å². The van der Waals surface area contributed by atoms with Gasteiger partial charge in [0, 0.05) is 47.9 Å². The van der Waals surface area contributed by atoms with Crippen LogP contribution >= 0.6 is 15.9 Å². The number of hydrogen-bond donors (Lipinski definition) is 1. The number of nitrogens with zero attached hydrogens (tertiary/aromatic N) is 3. The average Bonchev–Trinajstić information content (AvgIpc) is 3.01. The summed E-state index contributed by atoms with van der Waals surface area (Å²) in [4.78, 5) is 22.8. The van der Waals surface area contributed by atoms with Crippen LogP contribution in [0.25, 0.3) is 10.9 Å². The van der Waals surface area contributed by atoms with Crippen LogP contribution in [0.4, 0.5) is 11.5 Å². The summed E-state index contributed by atoms with van der Waals surface area (Å²) < 4.78 is 0.998. The summed E-state index contributed by atoms with van der Waals surface area (Å²) in [6.45, 7) is 3.27. The first-order valence-electron chi connectivity index (χ1n) is 8.23. The Labute approximate surface area is 149 Å². The number of fused-ring (bicyclic) bond motifs is 3. The molecule has 24 heavy (non-hydrogen) atoms. The van der Waals surface area contributed by atoms with Crippen molar-refractivity contribution in [3.05, 3.63) is 28.2 Å². The molecular formula is C18H19BrN4O. The van der Waals surface area contributed by atoms with Crippen LogP contribution in [0, 0.1) is 5.92 Å². The molecule has 1 aromatic carbocycles. The molecule has 0 radical (unpaired) electrons. The molecule has 0 spiro atoms. The molecule has 2 aliphatic heterocycles. The summed E-state index contributed by atoms with van der Waals surface area (Å²) in [6.07, 6.45) is 2.79. The van der Waals surface area contributed by atoms with Crippen molar-refractivity contribution in [3.63, 3.8) is 0 Å². The number of likely N-dealkylation sites (tertiary alicyclic amines) is 1. The Hall–Kier alpha value is -1.95. The van der Waals surface area contributed by atoms with E-state index in [-0.39, 0.29) is 5.91 Å². The summed E-state index contributed by atoms with van der Waals surface area (Å²) in [7, 11) is 0. The van der Waals surface area contributed by atoms with E-state index < -0.39 is 0 Å². The van der Waals surface area contributed by atoms with Crippen LogP contribution in [-0.4, -0.2) is 34.6 Å². The molecule has 1 saturated heterocycles. The molecule has 6 heteroatoms. The van der Waals surface area contributed by atoms with Gasteiger partial charge in [0.25, 0.3) is 0 Å². The Balaban J connectivity index is 1.63. The second-order valence-corrected chi connectivity index (χ2v) is 7.46. The lowest BCUT2D eigenvalue weighted by Gasteiger charge is -2.31. The van der Waals surface area contributed by atoms with E-state index in [1.165, 1.54) is 11.3 Å². The first-order valence-corrected chi connectivity index (χ1v) is 9.03. The summed E-state index contributed by atoms with van der Waals surface area (Å²) in [6, 6.07) is 6.11. The Morgan fingerprint density at radius 1 is 1.33 bits per heavy atom. The molecule has 0 atom stereocenters. The number of piperidine rings is 1. The van der Waals surface area contributed by atoms with Gasteiger partial charge in [-0.3, -0.25) is 9.79 Å². The quantitative estimate of drug-likeness (QED) is 0.815. The summed E-state index contributed by atoms with van der Waals surface area (Å²) >= 11 is 3.49. The standard InChI is InChI=1S/C18H19BrN4O/c1-10(24)23-6-4-11(5-7-23)15-9-14-13-3-2-12(19)8-16(13)22-18(20)17(14)21-15/h2-3,8,11H,4-7,9H2,1H3,(H2,20,22). The minimum Gasteiger partial charge on any atom is -0.382 e. The minimum absolute atomic E-state index is 0.162. The third kappa shape index (κ3) is 2.59. The van der Waals surface area contributed by atoms with Crippen molar-refractivity contribution in [2.45, 2.75) is 26.2 Å². The van der Waals surface area contributed by atoms with E-state index in [2.05, 4.69) is 27.0 Å². The molecule has 1 fully saturated rings. The molecule has 1 aromatic heterocycles. The Morgan fingerprint density at radius 2 is 2.08 bits per heavy atom. The largest absolute Gasteiger partial charge is 0.382 e. The van der Waals surface area contributed by atoms with Crippen molar-refractivity contribution >= 4 is 50.0 Å². The predicted molar refractivity (Wildman–Crippen MR) is 99.6 cm³/mol. The van der Waals surface area contributed by atoms with E-state index in [1.54, 1.807) is 6.92 Å². The number of rotatable bonds is 1. The smallest absolute Gasteiger partial charge is 0.219 e. The zero-order valence-electron chi connectivity index (χ0n) is 13.6. The van der Waals surface area contributed by atoms with Crippen LogP contribution < -0.4 is 5.73 Å². The van der Waals surface area contributed by atoms with Crippen LogP contribution in [0.1, 0.15) is 25.3 Å². The number of carbonyl (C=O) groups is 1. The van der Waals surface area contributed by atoms with Gasteiger partial charge in [0.15, 0.2) is 0 Å². The number of halogens is 1. The number of aliphatic imine (C=N–C) groups is 1. The topological polar surface area (TPSA) is 71.6 Å². The molecule has 0 saturated carbocycles. The Morgan fingerprint density at radius 3 is 2.79 bits per heavy atom. The lowest BCUT2D eigenvalue weighted by Crippen LogP contribution is -2.39. The molecule has 0 bridgehead atoms. The maximum absolute atomic E-state index is 11.5. The van der Waals surface area contributed by atoms with Crippen molar-refractivity contribution in [1.82, 2.24) is 9.88 Å². The van der Waals surface area contributed by atoms with Gasteiger partial charge < -0.3 is 10.6 Å². The number of pyridine rings is 1. The zero-order chi connectivity index (χ0) is 16.8. The monoisotopic (exact) mass is 386 g/mol. The van der Waals surface area contributed by atoms with Gasteiger partial charge in [0.2, 0.25) is 5.91 Å². The number of anilines is 1. The molecule has 5 nitrogen and oxygen atoms in total. The fraction of sp³-hybridized carbons (Fsp3) is 0.389. The highest BCUT2D eigenvalue weighted by molar-refractivity contribution is 9.10.